The maximum Gasteiger partial charge on any atom is 0.344 e. The lowest BCUT2D eigenvalue weighted by Crippen LogP contribution is -2.14. The highest BCUT2D eigenvalue weighted by Gasteiger charge is 2.33. The van der Waals surface area contributed by atoms with Gasteiger partial charge in [0.1, 0.15) is 11.3 Å². The zero-order valence-corrected chi connectivity index (χ0v) is 9.33. The van der Waals surface area contributed by atoms with E-state index < -0.39 is 12.1 Å². The van der Waals surface area contributed by atoms with Crippen LogP contribution in [0.2, 0.25) is 0 Å². The predicted octanol–water partition coefficient (Wildman–Crippen LogP) is 1.06. The zero-order chi connectivity index (χ0) is 12.3. The van der Waals surface area contributed by atoms with Crippen LogP contribution in [-0.2, 0) is 16.0 Å². The second kappa shape index (κ2) is 4.78. The molecule has 1 aromatic heterocycles. The molecule has 2 rings (SSSR count). The van der Waals surface area contributed by atoms with E-state index in [4.69, 9.17) is 4.74 Å². The summed E-state index contributed by atoms with van der Waals surface area (Å²) in [5.41, 5.74) is 1.07. The molecule has 5 heteroatoms. The highest BCUT2D eigenvalue weighted by Crippen LogP contribution is 2.22. The summed E-state index contributed by atoms with van der Waals surface area (Å²) in [6.07, 6.45) is 4.42. The second-order valence-corrected chi connectivity index (χ2v) is 3.64. The number of aliphatic imine (C=N–C) groups is 1. The van der Waals surface area contributed by atoms with Crippen molar-refractivity contribution in [2.24, 2.45) is 4.99 Å². The number of hydrogen-bond acceptors (Lipinski definition) is 5. The zero-order valence-electron chi connectivity index (χ0n) is 9.33. The molecule has 0 radical (unpaired) electrons. The van der Waals surface area contributed by atoms with Crippen LogP contribution in [0.3, 0.4) is 0 Å². The molecule has 17 heavy (non-hydrogen) atoms. The molecule has 0 saturated carbocycles. The Labute approximate surface area is 98.5 Å². The Morgan fingerprint density at radius 2 is 2.24 bits per heavy atom. The molecule has 1 aromatic rings. The first-order chi connectivity index (χ1) is 8.22. The van der Waals surface area contributed by atoms with Gasteiger partial charge >= 0.3 is 5.97 Å². The van der Waals surface area contributed by atoms with E-state index in [0.29, 0.717) is 6.42 Å². The van der Waals surface area contributed by atoms with Crippen molar-refractivity contribution < 1.29 is 14.6 Å². The molecule has 88 valence electrons. The Kier molecular flexibility index (Phi) is 3.18. The number of aromatic nitrogens is 1. The fraction of sp³-hybridized carbons (Fsp3) is 0.250. The van der Waals surface area contributed by atoms with E-state index in [-0.39, 0.29) is 11.3 Å². The highest BCUT2D eigenvalue weighted by molar-refractivity contribution is 6.11. The Morgan fingerprint density at radius 1 is 1.53 bits per heavy atom. The van der Waals surface area contributed by atoms with Gasteiger partial charge in [0.25, 0.3) is 0 Å². The summed E-state index contributed by atoms with van der Waals surface area (Å²) < 4.78 is 5.07. The Bertz CT molecular complexity index is 480. The molecule has 1 aliphatic rings. The number of pyridine rings is 1. The molecule has 0 aliphatic carbocycles. The maximum atomic E-state index is 11.4. The third-order valence-electron chi connectivity index (χ3n) is 2.48. The number of hydrogen-bond donors (Lipinski definition) is 1. The summed E-state index contributed by atoms with van der Waals surface area (Å²) in [5.74, 6) is -0.593. The summed E-state index contributed by atoms with van der Waals surface area (Å²) in [5, 5.41) is 9.84. The van der Waals surface area contributed by atoms with E-state index in [1.807, 2.05) is 12.1 Å². The Morgan fingerprint density at radius 3 is 2.88 bits per heavy atom. The lowest BCUT2D eigenvalue weighted by atomic mass is 10.1. The topological polar surface area (TPSA) is 71.8 Å². The fourth-order valence-electron chi connectivity index (χ4n) is 1.65. The first kappa shape index (κ1) is 11.3. The Hall–Kier alpha value is -2.17. The smallest absolute Gasteiger partial charge is 0.344 e. The summed E-state index contributed by atoms with van der Waals surface area (Å²) in [6, 6.07) is 3.63. The van der Waals surface area contributed by atoms with Gasteiger partial charge in [-0.2, -0.15) is 0 Å². The summed E-state index contributed by atoms with van der Waals surface area (Å²) >= 11 is 0. The summed E-state index contributed by atoms with van der Waals surface area (Å²) in [6.45, 7) is 0. The number of cyclic esters (lactones) is 1. The monoisotopic (exact) mass is 232 g/mol. The number of aliphatic hydroxyl groups excluding tert-OH is 1. The first-order valence-corrected chi connectivity index (χ1v) is 5.17. The van der Waals surface area contributed by atoms with Gasteiger partial charge < -0.3 is 9.84 Å². The van der Waals surface area contributed by atoms with Crippen molar-refractivity contribution in [2.45, 2.75) is 12.5 Å². The molecule has 1 N–H and O–H groups in total. The van der Waals surface area contributed by atoms with E-state index in [1.165, 1.54) is 13.3 Å². The van der Waals surface area contributed by atoms with E-state index in [0.717, 1.165) is 5.56 Å². The van der Waals surface area contributed by atoms with E-state index in [9.17, 15) is 9.90 Å². The summed E-state index contributed by atoms with van der Waals surface area (Å²) in [7, 11) is 1.53. The molecule has 0 spiro atoms. The quantitative estimate of drug-likeness (QED) is 0.624. The van der Waals surface area contributed by atoms with E-state index in [2.05, 4.69) is 9.98 Å². The molecule has 1 atom stereocenters. The molecular weight excluding hydrogens is 220 g/mol. The summed E-state index contributed by atoms with van der Waals surface area (Å²) in [4.78, 5) is 19.0. The average molecular weight is 232 g/mol. The molecule has 2 heterocycles. The van der Waals surface area contributed by atoms with E-state index in [1.54, 1.807) is 12.4 Å². The SMILES string of the molecule is CN=CC1=C(O)C(Cc2ccncc2)OC1=O. The van der Waals surface area contributed by atoms with E-state index >= 15 is 0 Å². The largest absolute Gasteiger partial charge is 0.507 e. The van der Waals surface area contributed by atoms with Gasteiger partial charge in [-0.3, -0.25) is 9.98 Å². The lowest BCUT2D eigenvalue weighted by Gasteiger charge is -2.09. The predicted molar refractivity (Wildman–Crippen MR) is 61.9 cm³/mol. The van der Waals surface area contributed by atoms with Gasteiger partial charge in [-0.25, -0.2) is 4.79 Å². The van der Waals surface area contributed by atoms with Crippen LogP contribution in [0.25, 0.3) is 0 Å². The van der Waals surface area contributed by atoms with Crippen LogP contribution >= 0.6 is 0 Å². The van der Waals surface area contributed by atoms with Crippen LogP contribution in [0.1, 0.15) is 5.56 Å². The minimum Gasteiger partial charge on any atom is -0.507 e. The van der Waals surface area contributed by atoms with Crippen LogP contribution in [0.4, 0.5) is 0 Å². The minimum absolute atomic E-state index is 0.0580. The number of nitrogens with zero attached hydrogens (tertiary/aromatic N) is 2. The van der Waals surface area contributed by atoms with Crippen LogP contribution in [-0.4, -0.2) is 35.4 Å². The molecule has 0 saturated heterocycles. The molecule has 1 unspecified atom stereocenters. The van der Waals surface area contributed by atoms with Crippen molar-refractivity contribution in [1.29, 1.82) is 0 Å². The highest BCUT2D eigenvalue weighted by atomic mass is 16.6. The number of esters is 1. The lowest BCUT2D eigenvalue weighted by molar-refractivity contribution is -0.139. The molecular formula is C12H12N2O3. The van der Waals surface area contributed by atoms with Gasteiger partial charge in [0.05, 0.1) is 0 Å². The van der Waals surface area contributed by atoms with Gasteiger partial charge in [0, 0.05) is 32.1 Å². The number of carbonyl (C=O) groups is 1. The van der Waals surface area contributed by atoms with Gasteiger partial charge in [0.2, 0.25) is 0 Å². The average Bonchev–Trinajstić information content (AvgIpc) is 2.59. The molecule has 0 bridgehead atoms. The van der Waals surface area contributed by atoms with Crippen molar-refractivity contribution in [1.82, 2.24) is 4.98 Å². The van der Waals surface area contributed by atoms with Crippen molar-refractivity contribution in [3.8, 4) is 0 Å². The molecule has 0 fully saturated rings. The number of carbonyl (C=O) groups excluding carboxylic acids is 1. The standard InChI is InChI=1S/C12H12N2O3/c1-13-7-9-11(15)10(17-12(9)16)6-8-2-4-14-5-3-8/h2-5,7,10,15H,6H2,1H3. The number of rotatable bonds is 3. The van der Waals surface area contributed by atoms with Gasteiger partial charge in [-0.15, -0.1) is 0 Å². The molecule has 0 aromatic carbocycles. The minimum atomic E-state index is -0.627. The number of aliphatic hydroxyl groups is 1. The Balaban J connectivity index is 2.17. The first-order valence-electron chi connectivity index (χ1n) is 5.17. The second-order valence-electron chi connectivity index (χ2n) is 3.64. The normalized spacial score (nSPS) is 20.1. The van der Waals surface area contributed by atoms with Gasteiger partial charge in [-0.1, -0.05) is 0 Å². The van der Waals surface area contributed by atoms with Crippen molar-refractivity contribution in [3.05, 3.63) is 41.4 Å². The number of ether oxygens (including phenoxy) is 1. The van der Waals surface area contributed by atoms with Gasteiger partial charge in [0.15, 0.2) is 6.10 Å². The molecule has 5 nitrogen and oxygen atoms in total. The maximum absolute atomic E-state index is 11.4. The van der Waals surface area contributed by atoms with Crippen molar-refractivity contribution in [2.75, 3.05) is 7.05 Å². The van der Waals surface area contributed by atoms with Crippen LogP contribution in [0.5, 0.6) is 0 Å². The van der Waals surface area contributed by atoms with Crippen molar-refractivity contribution >= 4 is 12.2 Å². The van der Waals surface area contributed by atoms with Gasteiger partial charge in [-0.05, 0) is 17.7 Å². The molecule has 0 amide bonds. The third-order valence-corrected chi connectivity index (χ3v) is 2.48. The fourth-order valence-corrected chi connectivity index (χ4v) is 1.65. The van der Waals surface area contributed by atoms with Crippen LogP contribution in [0, 0.1) is 0 Å². The molecule has 1 aliphatic heterocycles. The van der Waals surface area contributed by atoms with Crippen LogP contribution in [0.15, 0.2) is 40.9 Å². The third kappa shape index (κ3) is 2.33. The van der Waals surface area contributed by atoms with Crippen molar-refractivity contribution in [3.63, 3.8) is 0 Å². The van der Waals surface area contributed by atoms with Crippen LogP contribution < -0.4 is 0 Å².